The summed E-state index contributed by atoms with van der Waals surface area (Å²) in [5, 5.41) is 3.88. The van der Waals surface area contributed by atoms with Crippen molar-refractivity contribution >= 4 is 28.7 Å². The summed E-state index contributed by atoms with van der Waals surface area (Å²) in [6.07, 6.45) is 3.70. The minimum Gasteiger partial charge on any atom is -0.459 e. The molecule has 2 aliphatic rings. The average Bonchev–Trinajstić information content (AvgIpc) is 3.21. The molecule has 142 valence electrons. The Balaban J connectivity index is 1.34. The van der Waals surface area contributed by atoms with Crippen molar-refractivity contribution in [2.24, 2.45) is 11.8 Å². The first-order valence-corrected chi connectivity index (χ1v) is 9.67. The van der Waals surface area contributed by atoms with Gasteiger partial charge in [0.1, 0.15) is 11.3 Å². The number of fused-ring (bicyclic) bond motifs is 2. The van der Waals surface area contributed by atoms with E-state index in [1.807, 2.05) is 37.3 Å². The molecule has 2 heterocycles. The highest BCUT2D eigenvalue weighted by atomic mass is 16.3. The fraction of sp³-hybridized carbons (Fsp3) is 0.476. The van der Waals surface area contributed by atoms with E-state index >= 15 is 0 Å². The van der Waals surface area contributed by atoms with Crippen LogP contribution in [0.5, 0.6) is 0 Å². The minimum atomic E-state index is -0.280. The molecule has 1 saturated heterocycles. The van der Waals surface area contributed by atoms with Crippen molar-refractivity contribution in [3.05, 3.63) is 36.1 Å². The zero-order valence-electron chi connectivity index (χ0n) is 15.4. The Morgan fingerprint density at radius 1 is 1.19 bits per heavy atom. The van der Waals surface area contributed by atoms with Crippen molar-refractivity contribution in [3.63, 3.8) is 0 Å². The Morgan fingerprint density at radius 2 is 1.85 bits per heavy atom. The highest BCUT2D eigenvalue weighted by Crippen LogP contribution is 2.38. The van der Waals surface area contributed by atoms with Crippen LogP contribution in [0.15, 0.2) is 34.7 Å². The number of carbonyl (C=O) groups excluding carboxylic acids is 3. The molecular formula is C21H24N2O4. The van der Waals surface area contributed by atoms with Gasteiger partial charge in [0, 0.05) is 18.4 Å². The second kappa shape index (κ2) is 7.18. The number of hydrogen-bond acceptors (Lipinski definition) is 4. The zero-order valence-corrected chi connectivity index (χ0v) is 15.4. The number of para-hydroxylation sites is 1. The van der Waals surface area contributed by atoms with E-state index < -0.39 is 0 Å². The molecule has 1 aromatic carbocycles. The van der Waals surface area contributed by atoms with E-state index in [0.717, 1.165) is 36.7 Å². The van der Waals surface area contributed by atoms with Crippen LogP contribution in [0, 0.1) is 11.8 Å². The summed E-state index contributed by atoms with van der Waals surface area (Å²) < 4.78 is 5.77. The number of hydrogen-bond donors (Lipinski definition) is 1. The van der Waals surface area contributed by atoms with Gasteiger partial charge in [0.05, 0.1) is 17.9 Å². The van der Waals surface area contributed by atoms with E-state index in [-0.39, 0.29) is 48.6 Å². The molecule has 3 amide bonds. The number of furan rings is 1. The van der Waals surface area contributed by atoms with Gasteiger partial charge in [-0.15, -0.1) is 0 Å². The number of rotatable bonds is 5. The molecule has 0 spiro atoms. The van der Waals surface area contributed by atoms with Gasteiger partial charge in [-0.05, 0) is 31.9 Å². The van der Waals surface area contributed by atoms with Gasteiger partial charge in [-0.3, -0.25) is 19.3 Å². The maximum absolute atomic E-state index is 12.5. The van der Waals surface area contributed by atoms with Crippen molar-refractivity contribution in [2.45, 2.75) is 45.1 Å². The molecule has 1 saturated carbocycles. The molecule has 2 aromatic rings. The number of nitrogens with one attached hydrogen (secondary N) is 1. The number of carbonyl (C=O) groups is 3. The third-order valence-electron chi connectivity index (χ3n) is 5.74. The lowest BCUT2D eigenvalue weighted by atomic mass is 9.81. The third-order valence-corrected chi connectivity index (χ3v) is 5.74. The van der Waals surface area contributed by atoms with E-state index in [0.29, 0.717) is 5.76 Å². The second-order valence-electron chi connectivity index (χ2n) is 7.55. The number of nitrogens with zero attached hydrogens (tertiary/aromatic N) is 1. The standard InChI is InChI=1S/C21H24N2O4/c1-13(18-12-14-6-2-5-9-17(14)27-18)22-19(24)10-11-23-20(25)15-7-3-4-8-16(15)21(23)26/h2,5-6,9,12-13,15-16H,3-4,7-8,10-11H2,1H3,(H,22,24)/t13-,15-,16-/m0/s1. The number of amides is 3. The molecular weight excluding hydrogens is 344 g/mol. The Hall–Kier alpha value is -2.63. The third kappa shape index (κ3) is 3.36. The summed E-state index contributed by atoms with van der Waals surface area (Å²) in [7, 11) is 0. The first kappa shape index (κ1) is 17.8. The van der Waals surface area contributed by atoms with Gasteiger partial charge in [-0.25, -0.2) is 0 Å². The molecule has 2 fully saturated rings. The summed E-state index contributed by atoms with van der Waals surface area (Å²) in [6.45, 7) is 2.01. The predicted octanol–water partition coefficient (Wildman–Crippen LogP) is 3.18. The highest BCUT2D eigenvalue weighted by Gasteiger charge is 2.47. The van der Waals surface area contributed by atoms with E-state index in [4.69, 9.17) is 4.42 Å². The van der Waals surface area contributed by atoms with Crippen molar-refractivity contribution < 1.29 is 18.8 Å². The van der Waals surface area contributed by atoms with Crippen LogP contribution in [0.25, 0.3) is 11.0 Å². The molecule has 3 atom stereocenters. The van der Waals surface area contributed by atoms with Crippen molar-refractivity contribution in [1.82, 2.24) is 10.2 Å². The van der Waals surface area contributed by atoms with Crippen LogP contribution >= 0.6 is 0 Å². The Bertz CT molecular complexity index is 830. The van der Waals surface area contributed by atoms with Crippen LogP contribution in [-0.2, 0) is 14.4 Å². The lowest BCUT2D eigenvalue weighted by Crippen LogP contribution is -2.36. The normalized spacial score (nSPS) is 23.5. The summed E-state index contributed by atoms with van der Waals surface area (Å²) in [6, 6.07) is 9.32. The van der Waals surface area contributed by atoms with E-state index in [9.17, 15) is 14.4 Å². The molecule has 6 heteroatoms. The fourth-order valence-corrected chi connectivity index (χ4v) is 4.27. The summed E-state index contributed by atoms with van der Waals surface area (Å²) >= 11 is 0. The Kier molecular flexibility index (Phi) is 4.72. The number of imide groups is 1. The molecule has 1 aliphatic heterocycles. The smallest absolute Gasteiger partial charge is 0.233 e. The van der Waals surface area contributed by atoms with E-state index in [1.165, 1.54) is 4.90 Å². The van der Waals surface area contributed by atoms with Gasteiger partial charge < -0.3 is 9.73 Å². The van der Waals surface area contributed by atoms with Crippen LogP contribution in [-0.4, -0.2) is 29.2 Å². The Labute approximate surface area is 157 Å². The molecule has 1 aromatic heterocycles. The molecule has 4 rings (SSSR count). The lowest BCUT2D eigenvalue weighted by Gasteiger charge is -2.19. The van der Waals surface area contributed by atoms with E-state index in [1.54, 1.807) is 0 Å². The molecule has 0 bridgehead atoms. The molecule has 1 N–H and O–H groups in total. The van der Waals surface area contributed by atoms with Crippen molar-refractivity contribution in [3.8, 4) is 0 Å². The van der Waals surface area contributed by atoms with E-state index in [2.05, 4.69) is 5.32 Å². The monoisotopic (exact) mass is 368 g/mol. The summed E-state index contributed by atoms with van der Waals surface area (Å²) in [4.78, 5) is 38.6. The molecule has 0 unspecified atom stereocenters. The molecule has 0 radical (unpaired) electrons. The van der Waals surface area contributed by atoms with Crippen LogP contribution in [0.4, 0.5) is 0 Å². The second-order valence-corrected chi connectivity index (χ2v) is 7.55. The van der Waals surface area contributed by atoms with Gasteiger partial charge in [0.2, 0.25) is 17.7 Å². The quantitative estimate of drug-likeness (QED) is 0.822. The van der Waals surface area contributed by atoms with Crippen LogP contribution < -0.4 is 5.32 Å². The van der Waals surface area contributed by atoms with Crippen LogP contribution in [0.1, 0.15) is 50.8 Å². The maximum Gasteiger partial charge on any atom is 0.233 e. The fourth-order valence-electron chi connectivity index (χ4n) is 4.27. The van der Waals surface area contributed by atoms with Gasteiger partial charge in [0.15, 0.2) is 0 Å². The summed E-state index contributed by atoms with van der Waals surface area (Å²) in [5.41, 5.74) is 0.782. The number of likely N-dealkylation sites (tertiary alicyclic amines) is 1. The predicted molar refractivity (Wildman–Crippen MR) is 99.6 cm³/mol. The van der Waals surface area contributed by atoms with Crippen LogP contribution in [0.3, 0.4) is 0 Å². The minimum absolute atomic E-state index is 0.0946. The number of benzene rings is 1. The Morgan fingerprint density at radius 3 is 2.52 bits per heavy atom. The highest BCUT2D eigenvalue weighted by molar-refractivity contribution is 6.05. The first-order chi connectivity index (χ1) is 13.0. The van der Waals surface area contributed by atoms with Gasteiger partial charge in [-0.2, -0.15) is 0 Å². The maximum atomic E-state index is 12.5. The van der Waals surface area contributed by atoms with Gasteiger partial charge in [0.25, 0.3) is 0 Å². The SMILES string of the molecule is C[C@H](NC(=O)CCN1C(=O)[C@H]2CCCC[C@@H]2C1=O)c1cc2ccccc2o1. The van der Waals surface area contributed by atoms with Crippen LogP contribution in [0.2, 0.25) is 0 Å². The van der Waals surface area contributed by atoms with Crippen molar-refractivity contribution in [2.75, 3.05) is 6.54 Å². The lowest BCUT2D eigenvalue weighted by molar-refractivity contribution is -0.140. The zero-order chi connectivity index (χ0) is 19.0. The van der Waals surface area contributed by atoms with Gasteiger partial charge in [-0.1, -0.05) is 31.0 Å². The topological polar surface area (TPSA) is 79.6 Å². The summed E-state index contributed by atoms with van der Waals surface area (Å²) in [5.74, 6) is -0.0273. The first-order valence-electron chi connectivity index (χ1n) is 9.67. The largest absolute Gasteiger partial charge is 0.459 e. The molecule has 6 nitrogen and oxygen atoms in total. The van der Waals surface area contributed by atoms with Gasteiger partial charge >= 0.3 is 0 Å². The van der Waals surface area contributed by atoms with Crippen molar-refractivity contribution in [1.29, 1.82) is 0 Å². The average molecular weight is 368 g/mol. The molecule has 1 aliphatic carbocycles. The molecule has 27 heavy (non-hydrogen) atoms.